The van der Waals surface area contributed by atoms with Crippen molar-refractivity contribution in [3.05, 3.63) is 69.4 Å². The highest BCUT2D eigenvalue weighted by Gasteiger charge is 2.40. The number of nitro groups is 1. The molecule has 0 fully saturated rings. The van der Waals surface area contributed by atoms with Crippen molar-refractivity contribution >= 4 is 55.7 Å². The summed E-state index contributed by atoms with van der Waals surface area (Å²) < 4.78 is 78.1. The maximum atomic E-state index is 15.4. The lowest BCUT2D eigenvalue weighted by Crippen LogP contribution is -2.41. The predicted octanol–water partition coefficient (Wildman–Crippen LogP) is 5.41. The molecule has 1 amide bonds. The van der Waals surface area contributed by atoms with Gasteiger partial charge in [-0.3, -0.25) is 19.9 Å². The number of nitrogens with zero attached hydrogens (tertiary/aromatic N) is 4. The number of methoxy groups -OCH3 is 2. The van der Waals surface area contributed by atoms with Crippen molar-refractivity contribution in [2.45, 2.75) is 33.3 Å². The Hall–Kier alpha value is -5.39. The van der Waals surface area contributed by atoms with Gasteiger partial charge in [-0.05, 0) is 39.3 Å². The van der Waals surface area contributed by atoms with Gasteiger partial charge in [-0.2, -0.15) is 4.31 Å². The van der Waals surface area contributed by atoms with Gasteiger partial charge in [0.15, 0.2) is 28.7 Å². The van der Waals surface area contributed by atoms with Crippen LogP contribution in [0.15, 0.2) is 35.1 Å². The summed E-state index contributed by atoms with van der Waals surface area (Å²) in [7, 11) is -2.55. The molecule has 4 aromatic rings. The molecule has 0 unspecified atom stereocenters. The average Bonchev–Trinajstić information content (AvgIpc) is 3.30. The van der Waals surface area contributed by atoms with Gasteiger partial charge in [-0.15, -0.1) is 0 Å². The third kappa shape index (κ3) is 6.37. The van der Waals surface area contributed by atoms with Crippen LogP contribution in [0.25, 0.3) is 11.0 Å². The van der Waals surface area contributed by atoms with Gasteiger partial charge in [0.1, 0.15) is 34.6 Å². The number of sulfonamides is 1. The van der Waals surface area contributed by atoms with Gasteiger partial charge in [0, 0.05) is 12.3 Å². The molecular weight excluding hydrogens is 636 g/mol. The second-order valence-corrected chi connectivity index (χ2v) is 12.5. The van der Waals surface area contributed by atoms with Crippen molar-refractivity contribution in [1.82, 2.24) is 9.97 Å². The average molecular weight is 664 g/mol. The molecule has 0 aliphatic heterocycles. The summed E-state index contributed by atoms with van der Waals surface area (Å²) in [4.78, 5) is 46.2. The van der Waals surface area contributed by atoms with Gasteiger partial charge in [0.25, 0.3) is 0 Å². The predicted molar refractivity (Wildman–Crippen MR) is 159 cm³/mol. The molecule has 1 aromatic carbocycles. The van der Waals surface area contributed by atoms with E-state index in [1.165, 1.54) is 33.9 Å². The van der Waals surface area contributed by atoms with Crippen LogP contribution in [-0.2, 0) is 14.8 Å². The molecule has 0 radical (unpaired) electrons. The van der Waals surface area contributed by atoms with E-state index in [2.05, 4.69) is 15.3 Å². The Morgan fingerprint density at radius 1 is 1.07 bits per heavy atom. The summed E-state index contributed by atoms with van der Waals surface area (Å²) in [5.41, 5.74) is -3.68. The van der Waals surface area contributed by atoms with Crippen LogP contribution in [-0.4, -0.2) is 61.3 Å². The van der Waals surface area contributed by atoms with E-state index in [-0.39, 0.29) is 26.8 Å². The van der Waals surface area contributed by atoms with E-state index in [1.807, 2.05) is 0 Å². The van der Waals surface area contributed by atoms with Crippen LogP contribution in [0.3, 0.4) is 0 Å². The van der Waals surface area contributed by atoms with E-state index in [0.717, 1.165) is 38.7 Å². The Morgan fingerprint density at radius 3 is 2.20 bits per heavy atom. The number of pyridine rings is 2. The number of hydrogen-bond donors (Lipinski definition) is 1. The number of carbonyl (C=O) groups is 2. The molecule has 3 aromatic heterocycles. The molecule has 46 heavy (non-hydrogen) atoms. The van der Waals surface area contributed by atoms with Crippen LogP contribution in [0.1, 0.15) is 42.5 Å². The number of carbonyl (C=O) groups excluding carboxylic acids is 2. The highest BCUT2D eigenvalue weighted by Crippen LogP contribution is 2.41. The summed E-state index contributed by atoms with van der Waals surface area (Å²) in [6.07, 6.45) is 2.49. The fraction of sp³-hybridized carbons (Fsp3) is 0.286. The molecule has 4 rings (SSSR count). The second kappa shape index (κ2) is 12.2. The van der Waals surface area contributed by atoms with Crippen LogP contribution in [0.5, 0.6) is 11.5 Å². The summed E-state index contributed by atoms with van der Waals surface area (Å²) >= 11 is 0. The van der Waals surface area contributed by atoms with E-state index in [9.17, 15) is 28.1 Å². The molecule has 18 heteroatoms. The number of benzene rings is 1. The maximum Gasteiger partial charge on any atom is 0.429 e. The first-order valence-corrected chi connectivity index (χ1v) is 14.9. The molecule has 15 nitrogen and oxygen atoms in total. The van der Waals surface area contributed by atoms with Crippen molar-refractivity contribution in [3.8, 4) is 11.5 Å². The number of aromatic nitrogens is 2. The summed E-state index contributed by atoms with van der Waals surface area (Å²) in [5, 5.41) is 14.1. The Balaban J connectivity index is 2.06. The van der Waals surface area contributed by atoms with E-state index in [4.69, 9.17) is 18.6 Å². The first-order chi connectivity index (χ1) is 21.4. The first kappa shape index (κ1) is 33.5. The fourth-order valence-electron chi connectivity index (χ4n) is 4.29. The highest BCUT2D eigenvalue weighted by molar-refractivity contribution is 7.92. The lowest BCUT2D eigenvalue weighted by atomic mass is 10.0. The number of ketones is 1. The molecule has 0 saturated carbocycles. The number of halogens is 2. The third-order valence-electron chi connectivity index (χ3n) is 6.22. The monoisotopic (exact) mass is 663 g/mol. The normalized spacial score (nSPS) is 11.7. The van der Waals surface area contributed by atoms with E-state index in [0.29, 0.717) is 11.8 Å². The number of aryl methyl sites for hydroxylation is 1. The van der Waals surface area contributed by atoms with Gasteiger partial charge in [-0.1, -0.05) is 0 Å². The molecule has 0 spiro atoms. The topological polar surface area (TPSA) is 193 Å². The first-order valence-electron chi connectivity index (χ1n) is 13.1. The number of ether oxygens (including phenoxy) is 3. The smallest absolute Gasteiger partial charge is 0.429 e. The van der Waals surface area contributed by atoms with Crippen molar-refractivity contribution in [2.24, 2.45) is 0 Å². The molecule has 1 N–H and O–H groups in total. The quantitative estimate of drug-likeness (QED) is 0.136. The Kier molecular flexibility index (Phi) is 8.88. The molecule has 244 valence electrons. The minimum atomic E-state index is -4.66. The molecule has 0 saturated heterocycles. The largest absolute Gasteiger partial charge is 0.494 e. The van der Waals surface area contributed by atoms with Crippen molar-refractivity contribution in [1.29, 1.82) is 0 Å². The summed E-state index contributed by atoms with van der Waals surface area (Å²) in [6, 6.07) is 1.97. The van der Waals surface area contributed by atoms with Crippen LogP contribution < -0.4 is 19.1 Å². The standard InChI is InChI=1S/C28H27F2N5O10S/c1-13-10-31-11-15(35(38)39)23(13)33-19-8-14-18(12-32-19)44-26(24(14)34(46(7,40)41)27(37)45-28(2,3)4)25(36)20-21(29)16(42-5)9-17(43-6)22(20)30/h8-12H,1-7H3,(H,31,32,33). The molecule has 0 atom stereocenters. The van der Waals surface area contributed by atoms with Gasteiger partial charge < -0.3 is 23.9 Å². The minimum absolute atomic E-state index is 0.0204. The van der Waals surface area contributed by atoms with Crippen molar-refractivity contribution < 1.29 is 50.3 Å². The molecule has 0 aliphatic carbocycles. The van der Waals surface area contributed by atoms with Gasteiger partial charge in [-0.25, -0.2) is 27.0 Å². The van der Waals surface area contributed by atoms with Crippen LogP contribution in [0, 0.1) is 28.7 Å². The van der Waals surface area contributed by atoms with Gasteiger partial charge in [0.05, 0.1) is 37.0 Å². The summed E-state index contributed by atoms with van der Waals surface area (Å²) in [5.74, 6) is -6.79. The van der Waals surface area contributed by atoms with Crippen molar-refractivity contribution in [3.63, 3.8) is 0 Å². The molecule has 0 aliphatic rings. The number of rotatable bonds is 9. The summed E-state index contributed by atoms with van der Waals surface area (Å²) in [6.45, 7) is 5.89. The van der Waals surface area contributed by atoms with Crippen LogP contribution >= 0.6 is 0 Å². The molecular formula is C28H27F2N5O10S. The molecule has 0 bridgehead atoms. The lowest BCUT2D eigenvalue weighted by Gasteiger charge is -2.26. The van der Waals surface area contributed by atoms with E-state index < -0.39 is 78.3 Å². The van der Waals surface area contributed by atoms with Crippen molar-refractivity contribution in [2.75, 3.05) is 30.1 Å². The zero-order valence-electron chi connectivity index (χ0n) is 25.4. The number of fused-ring (bicyclic) bond motifs is 1. The molecule has 3 heterocycles. The minimum Gasteiger partial charge on any atom is -0.494 e. The van der Waals surface area contributed by atoms with Crippen LogP contribution in [0.4, 0.5) is 36.5 Å². The number of anilines is 3. The zero-order valence-corrected chi connectivity index (χ0v) is 26.2. The Labute approximate surface area is 260 Å². The lowest BCUT2D eigenvalue weighted by molar-refractivity contribution is -0.384. The second-order valence-electron chi connectivity index (χ2n) is 10.7. The number of nitrogens with one attached hydrogen (secondary N) is 1. The highest BCUT2D eigenvalue weighted by atomic mass is 32.2. The zero-order chi connectivity index (χ0) is 34.3. The Bertz CT molecular complexity index is 1980. The van der Waals surface area contributed by atoms with Gasteiger partial charge >= 0.3 is 11.8 Å². The number of hydrogen-bond acceptors (Lipinski definition) is 13. The Morgan fingerprint density at radius 2 is 1.67 bits per heavy atom. The van der Waals surface area contributed by atoms with Crippen LogP contribution in [0.2, 0.25) is 0 Å². The third-order valence-corrected chi connectivity index (χ3v) is 7.21. The number of furan rings is 1. The van der Waals surface area contributed by atoms with Gasteiger partial charge in [0.2, 0.25) is 21.6 Å². The SMILES string of the molecule is COc1cc(OC)c(F)c(C(=O)c2oc3cnc(Nc4c(C)cncc4[N+](=O)[O-])cc3c2N(C(=O)OC(C)(C)C)S(C)(=O)=O)c1F. The number of amides is 1. The van der Waals surface area contributed by atoms with E-state index >= 15 is 8.78 Å². The fourth-order valence-corrected chi connectivity index (χ4v) is 5.11. The van der Waals surface area contributed by atoms with E-state index in [1.54, 1.807) is 0 Å². The maximum absolute atomic E-state index is 15.4.